The van der Waals surface area contributed by atoms with Crippen molar-refractivity contribution in [3.8, 4) is 0 Å². The number of hydrogen-bond acceptors (Lipinski definition) is 4. The van der Waals surface area contributed by atoms with Gasteiger partial charge in [-0.2, -0.15) is 0 Å². The van der Waals surface area contributed by atoms with Crippen LogP contribution in [0.15, 0.2) is 66.1 Å². The first-order chi connectivity index (χ1) is 14.0. The summed E-state index contributed by atoms with van der Waals surface area (Å²) in [5, 5.41) is 5.11. The Hall–Kier alpha value is -3.32. The van der Waals surface area contributed by atoms with Crippen LogP contribution in [-0.4, -0.2) is 23.3 Å². The maximum absolute atomic E-state index is 12.9. The topological polar surface area (TPSA) is 62.3 Å². The first-order valence-electron chi connectivity index (χ1n) is 9.04. The van der Waals surface area contributed by atoms with Crippen LogP contribution in [0.5, 0.6) is 0 Å². The van der Waals surface area contributed by atoms with E-state index >= 15 is 0 Å². The number of rotatable bonds is 7. The molecule has 3 rings (SSSR count). The molecule has 1 heterocycles. The largest absolute Gasteiger partial charge is 0.352 e. The lowest BCUT2D eigenvalue weighted by Gasteiger charge is -2.17. The standard InChI is InChI=1S/C22H20FN3O2S/c1-16(27)26(20-5-3-2-4-6-20)22-25-19(15-29-22)11-12-21(28)24-14-13-17-7-9-18(23)10-8-17/h2-12,15H,13-14H2,1H3,(H,24,28)/b12-11+. The van der Waals surface area contributed by atoms with E-state index < -0.39 is 0 Å². The van der Waals surface area contributed by atoms with E-state index in [9.17, 15) is 14.0 Å². The molecule has 1 N–H and O–H groups in total. The summed E-state index contributed by atoms with van der Waals surface area (Å²) in [6.45, 7) is 1.93. The number of nitrogens with zero attached hydrogens (tertiary/aromatic N) is 2. The van der Waals surface area contributed by atoms with E-state index in [1.165, 1.54) is 41.4 Å². The summed E-state index contributed by atoms with van der Waals surface area (Å²) in [7, 11) is 0. The number of benzene rings is 2. The summed E-state index contributed by atoms with van der Waals surface area (Å²) in [5.74, 6) is -0.660. The van der Waals surface area contributed by atoms with E-state index in [-0.39, 0.29) is 17.6 Å². The van der Waals surface area contributed by atoms with E-state index in [4.69, 9.17) is 0 Å². The van der Waals surface area contributed by atoms with Crippen molar-refractivity contribution in [2.24, 2.45) is 0 Å². The Morgan fingerprint density at radius 2 is 1.86 bits per heavy atom. The zero-order valence-electron chi connectivity index (χ0n) is 15.8. The molecule has 0 saturated heterocycles. The van der Waals surface area contributed by atoms with Gasteiger partial charge in [-0.25, -0.2) is 9.37 Å². The lowest BCUT2D eigenvalue weighted by Crippen LogP contribution is -2.23. The van der Waals surface area contributed by atoms with Gasteiger partial charge in [0.15, 0.2) is 5.13 Å². The summed E-state index contributed by atoms with van der Waals surface area (Å²) >= 11 is 1.33. The van der Waals surface area contributed by atoms with Gasteiger partial charge in [-0.1, -0.05) is 30.3 Å². The normalized spacial score (nSPS) is 10.8. The van der Waals surface area contributed by atoms with Crippen LogP contribution in [0, 0.1) is 5.82 Å². The van der Waals surface area contributed by atoms with Crippen molar-refractivity contribution in [1.82, 2.24) is 10.3 Å². The summed E-state index contributed by atoms with van der Waals surface area (Å²) in [6, 6.07) is 15.5. The Labute approximate surface area is 172 Å². The summed E-state index contributed by atoms with van der Waals surface area (Å²) in [4.78, 5) is 30.0. The highest BCUT2D eigenvalue weighted by molar-refractivity contribution is 7.14. The molecule has 0 unspecified atom stereocenters. The maximum atomic E-state index is 12.9. The highest BCUT2D eigenvalue weighted by atomic mass is 32.1. The van der Waals surface area contributed by atoms with Gasteiger partial charge in [0.05, 0.1) is 11.4 Å². The number of halogens is 1. The number of thiazole rings is 1. The van der Waals surface area contributed by atoms with Gasteiger partial charge in [0.1, 0.15) is 5.82 Å². The Bertz CT molecular complexity index is 1000. The van der Waals surface area contributed by atoms with E-state index in [0.717, 1.165) is 11.3 Å². The van der Waals surface area contributed by atoms with Gasteiger partial charge >= 0.3 is 0 Å². The Kier molecular flexibility index (Phi) is 6.86. The first-order valence-corrected chi connectivity index (χ1v) is 9.92. The van der Waals surface area contributed by atoms with Crippen molar-refractivity contribution in [3.05, 3.63) is 83.1 Å². The van der Waals surface area contributed by atoms with Gasteiger partial charge in [0.25, 0.3) is 0 Å². The zero-order chi connectivity index (χ0) is 20.6. The maximum Gasteiger partial charge on any atom is 0.244 e. The fourth-order valence-electron chi connectivity index (χ4n) is 2.66. The molecule has 0 spiro atoms. The van der Waals surface area contributed by atoms with Crippen molar-refractivity contribution in [2.75, 3.05) is 11.4 Å². The SMILES string of the molecule is CC(=O)N(c1ccccc1)c1nc(/C=C/C(=O)NCCc2ccc(F)cc2)cs1. The van der Waals surface area contributed by atoms with Crippen LogP contribution in [0.3, 0.4) is 0 Å². The molecule has 3 aromatic rings. The number of nitrogens with one attached hydrogen (secondary N) is 1. The lowest BCUT2D eigenvalue weighted by molar-refractivity contribution is -0.117. The Morgan fingerprint density at radius 1 is 1.14 bits per heavy atom. The molecule has 1 aromatic heterocycles. The minimum atomic E-state index is -0.279. The molecular weight excluding hydrogens is 389 g/mol. The molecule has 5 nitrogen and oxygen atoms in total. The fraction of sp³-hybridized carbons (Fsp3) is 0.136. The third-order valence-electron chi connectivity index (χ3n) is 4.06. The molecule has 0 saturated carbocycles. The quantitative estimate of drug-likeness (QED) is 0.591. The van der Waals surface area contributed by atoms with Crippen LogP contribution in [-0.2, 0) is 16.0 Å². The van der Waals surface area contributed by atoms with Gasteiger partial charge in [0.2, 0.25) is 11.8 Å². The number of para-hydroxylation sites is 1. The molecule has 0 fully saturated rings. The molecule has 29 heavy (non-hydrogen) atoms. The Balaban J connectivity index is 1.57. The first kappa shape index (κ1) is 20.4. The second-order valence-electron chi connectivity index (χ2n) is 6.25. The van der Waals surface area contributed by atoms with Crippen LogP contribution in [0.4, 0.5) is 15.2 Å². The highest BCUT2D eigenvalue weighted by Gasteiger charge is 2.17. The van der Waals surface area contributed by atoms with Gasteiger partial charge in [-0.05, 0) is 42.3 Å². The number of aromatic nitrogens is 1. The average Bonchev–Trinajstić information content (AvgIpc) is 3.17. The van der Waals surface area contributed by atoms with Crippen molar-refractivity contribution in [1.29, 1.82) is 0 Å². The van der Waals surface area contributed by atoms with Crippen LogP contribution < -0.4 is 10.2 Å². The number of carbonyl (C=O) groups is 2. The smallest absolute Gasteiger partial charge is 0.244 e. The predicted octanol–water partition coefficient (Wildman–Crippen LogP) is 4.34. The van der Waals surface area contributed by atoms with Gasteiger partial charge in [0, 0.05) is 24.9 Å². The second-order valence-corrected chi connectivity index (χ2v) is 7.08. The molecule has 0 radical (unpaired) electrons. The predicted molar refractivity (Wildman–Crippen MR) is 114 cm³/mol. The van der Waals surface area contributed by atoms with Crippen LogP contribution in [0.1, 0.15) is 18.2 Å². The van der Waals surface area contributed by atoms with Crippen molar-refractivity contribution in [3.63, 3.8) is 0 Å². The molecule has 7 heteroatoms. The molecule has 0 aliphatic rings. The summed E-state index contributed by atoms with van der Waals surface area (Å²) in [6.07, 6.45) is 3.63. The third-order valence-corrected chi connectivity index (χ3v) is 4.91. The Morgan fingerprint density at radius 3 is 2.55 bits per heavy atom. The third kappa shape index (κ3) is 5.83. The van der Waals surface area contributed by atoms with Gasteiger partial charge in [-0.15, -0.1) is 11.3 Å². The number of anilines is 2. The molecule has 2 amide bonds. The van der Waals surface area contributed by atoms with Crippen molar-refractivity contribution >= 4 is 40.0 Å². The van der Waals surface area contributed by atoms with Crippen LogP contribution in [0.25, 0.3) is 6.08 Å². The van der Waals surface area contributed by atoms with Gasteiger partial charge < -0.3 is 5.32 Å². The molecule has 2 aromatic carbocycles. The number of carbonyl (C=O) groups excluding carboxylic acids is 2. The summed E-state index contributed by atoms with van der Waals surface area (Å²) in [5.41, 5.74) is 2.29. The average molecular weight is 409 g/mol. The summed E-state index contributed by atoms with van der Waals surface area (Å²) < 4.78 is 12.9. The number of hydrogen-bond donors (Lipinski definition) is 1. The van der Waals surface area contributed by atoms with Crippen molar-refractivity contribution < 1.29 is 14.0 Å². The van der Waals surface area contributed by atoms with Crippen molar-refractivity contribution in [2.45, 2.75) is 13.3 Å². The van der Waals surface area contributed by atoms with Crippen LogP contribution in [0.2, 0.25) is 0 Å². The van der Waals surface area contributed by atoms with Crippen LogP contribution >= 0.6 is 11.3 Å². The minimum Gasteiger partial charge on any atom is -0.352 e. The molecule has 0 aliphatic carbocycles. The van der Waals surface area contributed by atoms with E-state index in [2.05, 4.69) is 10.3 Å². The minimum absolute atomic E-state index is 0.139. The molecule has 148 valence electrons. The van der Waals surface area contributed by atoms with E-state index in [1.807, 2.05) is 30.3 Å². The van der Waals surface area contributed by atoms with E-state index in [1.54, 1.807) is 23.6 Å². The molecular formula is C22H20FN3O2S. The van der Waals surface area contributed by atoms with E-state index in [0.29, 0.717) is 23.8 Å². The fourth-order valence-corrected chi connectivity index (χ4v) is 3.52. The zero-order valence-corrected chi connectivity index (χ0v) is 16.7. The molecule has 0 aliphatic heterocycles. The monoisotopic (exact) mass is 409 g/mol. The second kappa shape index (κ2) is 9.75. The van der Waals surface area contributed by atoms with Gasteiger partial charge in [-0.3, -0.25) is 14.5 Å². The lowest BCUT2D eigenvalue weighted by atomic mass is 10.1. The highest BCUT2D eigenvalue weighted by Crippen LogP contribution is 2.28. The number of amides is 2. The molecule has 0 atom stereocenters. The molecule has 0 bridgehead atoms.